The predicted octanol–water partition coefficient (Wildman–Crippen LogP) is 4.94. The molecule has 3 aromatic rings. The van der Waals surface area contributed by atoms with E-state index in [4.69, 9.17) is 11.6 Å². The SMILES string of the molecule is O=C(/C=C/c1cccn1-c1ccc([N+](=O)[O-])cc1)c1ccc(Cl)cc1. The minimum atomic E-state index is -0.439. The van der Waals surface area contributed by atoms with Gasteiger partial charge in [-0.1, -0.05) is 11.6 Å². The largest absolute Gasteiger partial charge is 0.317 e. The van der Waals surface area contributed by atoms with E-state index in [9.17, 15) is 14.9 Å². The number of allylic oxidation sites excluding steroid dienone is 1. The van der Waals surface area contributed by atoms with E-state index in [2.05, 4.69) is 0 Å². The molecule has 0 atom stereocenters. The lowest BCUT2D eigenvalue weighted by Gasteiger charge is -2.06. The molecule has 6 heteroatoms. The maximum absolute atomic E-state index is 12.2. The molecule has 0 saturated carbocycles. The Balaban J connectivity index is 1.82. The Morgan fingerprint density at radius 2 is 1.72 bits per heavy atom. The maximum atomic E-state index is 12.2. The molecule has 0 spiro atoms. The van der Waals surface area contributed by atoms with Crippen molar-refractivity contribution in [3.05, 3.63) is 99.3 Å². The number of carbonyl (C=O) groups excluding carboxylic acids is 1. The zero-order valence-electron chi connectivity index (χ0n) is 13.0. The summed E-state index contributed by atoms with van der Waals surface area (Å²) in [4.78, 5) is 22.5. The van der Waals surface area contributed by atoms with Gasteiger partial charge in [0.15, 0.2) is 5.78 Å². The summed E-state index contributed by atoms with van der Waals surface area (Å²) in [6.07, 6.45) is 5.02. The topological polar surface area (TPSA) is 65.1 Å². The van der Waals surface area contributed by atoms with Crippen LogP contribution in [0.1, 0.15) is 16.1 Å². The van der Waals surface area contributed by atoms with Gasteiger partial charge in [-0.05, 0) is 60.7 Å². The number of non-ortho nitro benzene ring substituents is 1. The number of nitro benzene ring substituents is 1. The summed E-state index contributed by atoms with van der Waals surface area (Å²) in [6.45, 7) is 0. The lowest BCUT2D eigenvalue weighted by Crippen LogP contribution is -1.97. The van der Waals surface area contributed by atoms with E-state index in [-0.39, 0.29) is 11.5 Å². The van der Waals surface area contributed by atoms with Gasteiger partial charge in [0.25, 0.3) is 5.69 Å². The molecule has 0 aliphatic rings. The molecule has 0 aliphatic carbocycles. The molecule has 0 saturated heterocycles. The Labute approximate surface area is 148 Å². The molecule has 1 heterocycles. The average molecular weight is 353 g/mol. The van der Waals surface area contributed by atoms with Gasteiger partial charge in [-0.2, -0.15) is 0 Å². The fraction of sp³-hybridized carbons (Fsp3) is 0. The highest BCUT2D eigenvalue weighted by Crippen LogP contribution is 2.18. The van der Waals surface area contributed by atoms with Crippen LogP contribution in [0.3, 0.4) is 0 Å². The normalized spacial score (nSPS) is 10.9. The fourth-order valence-electron chi connectivity index (χ4n) is 2.37. The molecule has 5 nitrogen and oxygen atoms in total. The number of nitro groups is 1. The third kappa shape index (κ3) is 3.84. The van der Waals surface area contributed by atoms with Crippen LogP contribution < -0.4 is 0 Å². The second kappa shape index (κ2) is 7.15. The summed E-state index contributed by atoms with van der Waals surface area (Å²) in [7, 11) is 0. The van der Waals surface area contributed by atoms with Crippen molar-refractivity contribution in [1.82, 2.24) is 4.57 Å². The van der Waals surface area contributed by atoms with E-state index in [1.165, 1.54) is 18.2 Å². The predicted molar refractivity (Wildman–Crippen MR) is 97.2 cm³/mol. The smallest absolute Gasteiger partial charge is 0.269 e. The molecule has 0 amide bonds. The maximum Gasteiger partial charge on any atom is 0.269 e. The van der Waals surface area contributed by atoms with Crippen molar-refractivity contribution < 1.29 is 9.72 Å². The van der Waals surface area contributed by atoms with Crippen molar-refractivity contribution in [1.29, 1.82) is 0 Å². The molecule has 0 fully saturated rings. The van der Waals surface area contributed by atoms with Gasteiger partial charge in [0.2, 0.25) is 0 Å². The molecular weight excluding hydrogens is 340 g/mol. The monoisotopic (exact) mass is 352 g/mol. The third-order valence-corrected chi connectivity index (χ3v) is 3.91. The summed E-state index contributed by atoms with van der Waals surface area (Å²) in [5, 5.41) is 11.3. The molecular formula is C19H13ClN2O3. The molecule has 0 unspecified atom stereocenters. The highest BCUT2D eigenvalue weighted by atomic mass is 35.5. The van der Waals surface area contributed by atoms with Crippen molar-refractivity contribution in [2.45, 2.75) is 0 Å². The minimum absolute atomic E-state index is 0.0333. The first-order chi connectivity index (χ1) is 12.0. The summed E-state index contributed by atoms with van der Waals surface area (Å²) >= 11 is 5.82. The third-order valence-electron chi connectivity index (χ3n) is 3.65. The lowest BCUT2D eigenvalue weighted by atomic mass is 10.1. The number of carbonyl (C=O) groups is 1. The highest BCUT2D eigenvalue weighted by Gasteiger charge is 2.07. The second-order valence-electron chi connectivity index (χ2n) is 5.28. The number of hydrogen-bond donors (Lipinski definition) is 0. The fourth-order valence-corrected chi connectivity index (χ4v) is 2.50. The molecule has 1 aromatic heterocycles. The van der Waals surface area contributed by atoms with Crippen LogP contribution in [-0.2, 0) is 0 Å². The quantitative estimate of drug-likeness (QED) is 0.283. The first-order valence-corrected chi connectivity index (χ1v) is 7.82. The van der Waals surface area contributed by atoms with E-state index in [1.54, 1.807) is 42.5 Å². The van der Waals surface area contributed by atoms with E-state index in [0.717, 1.165) is 11.4 Å². The van der Waals surface area contributed by atoms with E-state index >= 15 is 0 Å². The van der Waals surface area contributed by atoms with Crippen LogP contribution >= 0.6 is 11.6 Å². The Bertz CT molecular complexity index is 942. The van der Waals surface area contributed by atoms with Crippen molar-refractivity contribution in [3.63, 3.8) is 0 Å². The Morgan fingerprint density at radius 1 is 1.04 bits per heavy atom. The number of halogens is 1. The average Bonchev–Trinajstić information content (AvgIpc) is 3.09. The van der Waals surface area contributed by atoms with Crippen molar-refractivity contribution in [2.75, 3.05) is 0 Å². The van der Waals surface area contributed by atoms with Gasteiger partial charge in [-0.25, -0.2) is 0 Å². The molecule has 0 aliphatic heterocycles. The van der Waals surface area contributed by atoms with Crippen LogP contribution in [0.2, 0.25) is 5.02 Å². The molecule has 124 valence electrons. The van der Waals surface area contributed by atoms with Crippen LogP contribution in [-0.4, -0.2) is 15.3 Å². The first-order valence-electron chi connectivity index (χ1n) is 7.45. The zero-order valence-corrected chi connectivity index (χ0v) is 13.8. The summed E-state index contributed by atoms with van der Waals surface area (Å²) < 4.78 is 1.84. The summed E-state index contributed by atoms with van der Waals surface area (Å²) in [5.74, 6) is -0.131. The Morgan fingerprint density at radius 3 is 2.36 bits per heavy atom. The van der Waals surface area contributed by atoms with Gasteiger partial charge in [-0.3, -0.25) is 14.9 Å². The molecule has 0 N–H and O–H groups in total. The van der Waals surface area contributed by atoms with E-state index in [0.29, 0.717) is 10.6 Å². The lowest BCUT2D eigenvalue weighted by molar-refractivity contribution is -0.384. The molecule has 3 rings (SSSR count). The number of hydrogen-bond acceptors (Lipinski definition) is 3. The second-order valence-corrected chi connectivity index (χ2v) is 5.72. The van der Waals surface area contributed by atoms with Gasteiger partial charge in [0, 0.05) is 40.3 Å². The number of nitrogens with zero attached hydrogens (tertiary/aromatic N) is 2. The van der Waals surface area contributed by atoms with Gasteiger partial charge < -0.3 is 4.57 Å². The van der Waals surface area contributed by atoms with Crippen LogP contribution in [0, 0.1) is 10.1 Å². The Kier molecular flexibility index (Phi) is 4.77. The molecule has 25 heavy (non-hydrogen) atoms. The van der Waals surface area contributed by atoms with Gasteiger partial charge in [0.05, 0.1) is 4.92 Å². The standard InChI is InChI=1S/C19H13ClN2O3/c20-15-5-3-14(4-6-15)19(23)12-11-16-2-1-13-21(16)17-7-9-18(10-8-17)22(24)25/h1-13H/b12-11+. The van der Waals surface area contributed by atoms with Crippen LogP contribution in [0.15, 0.2) is 72.9 Å². The summed E-state index contributed by atoms with van der Waals surface area (Å²) in [6, 6.07) is 16.6. The number of ketones is 1. The number of rotatable bonds is 5. The van der Waals surface area contributed by atoms with Crippen LogP contribution in [0.25, 0.3) is 11.8 Å². The zero-order chi connectivity index (χ0) is 17.8. The van der Waals surface area contributed by atoms with E-state index < -0.39 is 4.92 Å². The molecule has 0 bridgehead atoms. The number of aromatic nitrogens is 1. The van der Waals surface area contributed by atoms with Crippen LogP contribution in [0.5, 0.6) is 0 Å². The van der Waals surface area contributed by atoms with E-state index in [1.807, 2.05) is 22.9 Å². The highest BCUT2D eigenvalue weighted by molar-refractivity contribution is 6.30. The van der Waals surface area contributed by atoms with Crippen molar-refractivity contribution >= 4 is 29.1 Å². The molecule has 2 aromatic carbocycles. The first kappa shape index (κ1) is 16.7. The number of benzene rings is 2. The molecule has 0 radical (unpaired) electrons. The van der Waals surface area contributed by atoms with Crippen molar-refractivity contribution in [2.24, 2.45) is 0 Å². The van der Waals surface area contributed by atoms with Gasteiger partial charge in [-0.15, -0.1) is 0 Å². The van der Waals surface area contributed by atoms with Crippen molar-refractivity contribution in [3.8, 4) is 5.69 Å². The van der Waals surface area contributed by atoms with Gasteiger partial charge >= 0.3 is 0 Å². The van der Waals surface area contributed by atoms with Crippen LogP contribution in [0.4, 0.5) is 5.69 Å². The minimum Gasteiger partial charge on any atom is -0.317 e. The Hall–Kier alpha value is -3.18. The summed E-state index contributed by atoms with van der Waals surface area (Å²) in [5.41, 5.74) is 2.14. The van der Waals surface area contributed by atoms with Gasteiger partial charge in [0.1, 0.15) is 0 Å².